The topological polar surface area (TPSA) is 73.2 Å². The van der Waals surface area contributed by atoms with Crippen LogP contribution in [0, 0.1) is 11.8 Å². The maximum Gasteiger partial charge on any atom is 0.310 e. The fourth-order valence-electron chi connectivity index (χ4n) is 2.58. The molecule has 0 spiro atoms. The van der Waals surface area contributed by atoms with Crippen LogP contribution in [0.15, 0.2) is 30.5 Å². The number of benzene rings is 1. The van der Waals surface area contributed by atoms with Gasteiger partial charge in [0.25, 0.3) is 0 Å². The van der Waals surface area contributed by atoms with Crippen molar-refractivity contribution in [3.63, 3.8) is 0 Å². The van der Waals surface area contributed by atoms with Crippen LogP contribution in [0.3, 0.4) is 0 Å². The number of carbonyl (C=O) groups is 2. The molecular formula is C17H23N3O3. The highest BCUT2D eigenvalue weighted by atomic mass is 16.5. The van der Waals surface area contributed by atoms with E-state index in [0.717, 1.165) is 10.9 Å². The monoisotopic (exact) mass is 317 g/mol. The van der Waals surface area contributed by atoms with Gasteiger partial charge in [0.15, 0.2) is 0 Å². The van der Waals surface area contributed by atoms with Gasteiger partial charge in [-0.25, -0.2) is 0 Å². The maximum atomic E-state index is 12.1. The number of esters is 1. The van der Waals surface area contributed by atoms with E-state index in [1.165, 1.54) is 7.11 Å². The third kappa shape index (κ3) is 4.55. The molecule has 0 saturated carbocycles. The molecule has 6 heteroatoms. The van der Waals surface area contributed by atoms with Crippen molar-refractivity contribution in [2.45, 2.75) is 26.8 Å². The van der Waals surface area contributed by atoms with E-state index in [9.17, 15) is 9.59 Å². The largest absolute Gasteiger partial charge is 0.469 e. The summed E-state index contributed by atoms with van der Waals surface area (Å²) in [4.78, 5) is 23.9. The van der Waals surface area contributed by atoms with Gasteiger partial charge in [0.2, 0.25) is 5.91 Å². The van der Waals surface area contributed by atoms with Gasteiger partial charge in [-0.2, -0.15) is 5.10 Å². The third-order valence-corrected chi connectivity index (χ3v) is 3.68. The zero-order chi connectivity index (χ0) is 16.8. The first-order valence-electron chi connectivity index (χ1n) is 7.76. The van der Waals surface area contributed by atoms with Gasteiger partial charge >= 0.3 is 5.97 Å². The lowest BCUT2D eigenvalue weighted by Crippen LogP contribution is -2.36. The van der Waals surface area contributed by atoms with E-state index in [-0.39, 0.29) is 30.9 Å². The maximum absolute atomic E-state index is 12.1. The Kier molecular flexibility index (Phi) is 5.73. The van der Waals surface area contributed by atoms with Crippen LogP contribution in [0.1, 0.15) is 20.3 Å². The smallest absolute Gasteiger partial charge is 0.310 e. The van der Waals surface area contributed by atoms with Crippen LogP contribution in [0.2, 0.25) is 0 Å². The van der Waals surface area contributed by atoms with Gasteiger partial charge in [-0.1, -0.05) is 32.0 Å². The van der Waals surface area contributed by atoms with Gasteiger partial charge in [0.05, 0.1) is 24.7 Å². The summed E-state index contributed by atoms with van der Waals surface area (Å²) >= 11 is 0. The minimum absolute atomic E-state index is 0.128. The second-order valence-corrected chi connectivity index (χ2v) is 6.01. The number of nitrogens with one attached hydrogen (secondary N) is 1. The average molecular weight is 317 g/mol. The molecule has 1 N–H and O–H groups in total. The molecule has 0 aliphatic rings. The molecule has 0 saturated heterocycles. The van der Waals surface area contributed by atoms with Crippen LogP contribution in [0.4, 0.5) is 0 Å². The number of aromatic nitrogens is 2. The van der Waals surface area contributed by atoms with Crippen LogP contribution in [-0.2, 0) is 20.9 Å². The van der Waals surface area contributed by atoms with E-state index in [2.05, 4.69) is 10.4 Å². The number of para-hydroxylation sites is 1. The van der Waals surface area contributed by atoms with Crippen molar-refractivity contribution in [1.82, 2.24) is 15.1 Å². The Bertz CT molecular complexity index is 679. The van der Waals surface area contributed by atoms with E-state index in [1.807, 2.05) is 38.1 Å². The molecule has 0 fully saturated rings. The zero-order valence-electron chi connectivity index (χ0n) is 13.8. The molecule has 1 heterocycles. The highest BCUT2D eigenvalue weighted by molar-refractivity contribution is 5.82. The molecule has 1 atom stereocenters. The number of rotatable bonds is 7. The molecular weight excluding hydrogens is 294 g/mol. The molecule has 1 aromatic heterocycles. The van der Waals surface area contributed by atoms with E-state index >= 15 is 0 Å². The number of fused-ring (bicyclic) bond motifs is 1. The van der Waals surface area contributed by atoms with Crippen molar-refractivity contribution in [3.05, 3.63) is 30.5 Å². The Labute approximate surface area is 135 Å². The molecule has 23 heavy (non-hydrogen) atoms. The quantitative estimate of drug-likeness (QED) is 0.793. The number of hydrogen-bond donors (Lipinski definition) is 1. The van der Waals surface area contributed by atoms with Crippen LogP contribution in [0.5, 0.6) is 0 Å². The molecule has 6 nitrogen and oxygen atoms in total. The van der Waals surface area contributed by atoms with Gasteiger partial charge in [0, 0.05) is 11.9 Å². The lowest BCUT2D eigenvalue weighted by Gasteiger charge is -2.17. The van der Waals surface area contributed by atoms with Crippen LogP contribution in [-0.4, -0.2) is 35.3 Å². The van der Waals surface area contributed by atoms with Crippen molar-refractivity contribution in [3.8, 4) is 0 Å². The standard InChI is InChI=1S/C17H23N3O3/c1-12(2)8-14(17(22)23-3)9-18-16(21)11-20-15-7-5-4-6-13(15)10-19-20/h4-7,10,12,14H,8-9,11H2,1-3H3,(H,18,21). The molecule has 0 aliphatic heterocycles. The van der Waals surface area contributed by atoms with Gasteiger partial charge in [-0.15, -0.1) is 0 Å². The molecule has 0 aliphatic carbocycles. The van der Waals surface area contributed by atoms with E-state index in [1.54, 1.807) is 10.9 Å². The third-order valence-electron chi connectivity index (χ3n) is 3.68. The Hall–Kier alpha value is -2.37. The number of carbonyl (C=O) groups excluding carboxylic acids is 2. The Morgan fingerprint density at radius 2 is 2.04 bits per heavy atom. The molecule has 124 valence electrons. The second kappa shape index (κ2) is 7.76. The summed E-state index contributed by atoms with van der Waals surface area (Å²) < 4.78 is 6.45. The zero-order valence-corrected chi connectivity index (χ0v) is 13.8. The number of ether oxygens (including phenoxy) is 1. The van der Waals surface area contributed by atoms with E-state index in [4.69, 9.17) is 4.74 Å². The van der Waals surface area contributed by atoms with Gasteiger partial charge < -0.3 is 10.1 Å². The molecule has 2 aromatic rings. The molecule has 0 bridgehead atoms. The van der Waals surface area contributed by atoms with Crippen molar-refractivity contribution in [2.75, 3.05) is 13.7 Å². The summed E-state index contributed by atoms with van der Waals surface area (Å²) in [7, 11) is 1.37. The molecule has 2 rings (SSSR count). The highest BCUT2D eigenvalue weighted by Crippen LogP contribution is 2.13. The van der Waals surface area contributed by atoms with Crippen LogP contribution in [0.25, 0.3) is 10.9 Å². The van der Waals surface area contributed by atoms with Crippen molar-refractivity contribution in [2.24, 2.45) is 11.8 Å². The summed E-state index contributed by atoms with van der Waals surface area (Å²) in [5.41, 5.74) is 0.911. The van der Waals surface area contributed by atoms with Gasteiger partial charge in [-0.05, 0) is 18.4 Å². The summed E-state index contributed by atoms with van der Waals surface area (Å²) in [5.74, 6) is -0.426. The molecule has 1 amide bonds. The number of amides is 1. The molecule has 1 aromatic carbocycles. The van der Waals surface area contributed by atoms with Crippen molar-refractivity contribution < 1.29 is 14.3 Å². The number of nitrogens with zero attached hydrogens (tertiary/aromatic N) is 2. The Balaban J connectivity index is 1.94. The summed E-state index contributed by atoms with van der Waals surface area (Å²) in [5, 5.41) is 8.03. The van der Waals surface area contributed by atoms with E-state index in [0.29, 0.717) is 12.3 Å². The van der Waals surface area contributed by atoms with Gasteiger partial charge in [-0.3, -0.25) is 14.3 Å². The lowest BCUT2D eigenvalue weighted by atomic mass is 9.97. The molecule has 0 radical (unpaired) electrons. The first-order chi connectivity index (χ1) is 11.0. The SMILES string of the molecule is COC(=O)C(CNC(=O)Cn1ncc2ccccc21)CC(C)C. The second-order valence-electron chi connectivity index (χ2n) is 6.01. The fourth-order valence-corrected chi connectivity index (χ4v) is 2.58. The molecule has 1 unspecified atom stereocenters. The predicted molar refractivity (Wildman–Crippen MR) is 87.7 cm³/mol. The first kappa shape index (κ1) is 17.0. The Morgan fingerprint density at radius 3 is 2.74 bits per heavy atom. The number of methoxy groups -OCH3 is 1. The average Bonchev–Trinajstić information content (AvgIpc) is 2.93. The minimum atomic E-state index is -0.321. The highest BCUT2D eigenvalue weighted by Gasteiger charge is 2.21. The van der Waals surface area contributed by atoms with Gasteiger partial charge in [0.1, 0.15) is 6.54 Å². The van der Waals surface area contributed by atoms with Crippen LogP contribution < -0.4 is 5.32 Å². The van der Waals surface area contributed by atoms with Crippen molar-refractivity contribution >= 4 is 22.8 Å². The summed E-state index contributed by atoms with van der Waals surface area (Å²) in [6.07, 6.45) is 2.41. The lowest BCUT2D eigenvalue weighted by molar-refractivity contribution is -0.146. The Morgan fingerprint density at radius 1 is 1.30 bits per heavy atom. The predicted octanol–water partition coefficient (Wildman–Crippen LogP) is 1.99. The van der Waals surface area contributed by atoms with E-state index < -0.39 is 0 Å². The van der Waals surface area contributed by atoms with Crippen LogP contribution >= 0.6 is 0 Å². The fraction of sp³-hybridized carbons (Fsp3) is 0.471. The first-order valence-corrected chi connectivity index (χ1v) is 7.76. The summed E-state index contributed by atoms with van der Waals surface area (Å²) in [6.45, 7) is 4.48. The normalized spacial score (nSPS) is 12.3. The van der Waals surface area contributed by atoms with Crippen molar-refractivity contribution in [1.29, 1.82) is 0 Å². The minimum Gasteiger partial charge on any atom is -0.469 e. The summed E-state index contributed by atoms with van der Waals surface area (Å²) in [6, 6.07) is 7.72. The number of hydrogen-bond acceptors (Lipinski definition) is 4.